The van der Waals surface area contributed by atoms with Gasteiger partial charge in [-0.25, -0.2) is 0 Å². The smallest absolute Gasteiger partial charge is 0.271 e. The van der Waals surface area contributed by atoms with Crippen LogP contribution in [0.4, 0.5) is 11.4 Å². The molecule has 7 nitrogen and oxygen atoms in total. The van der Waals surface area contributed by atoms with Crippen molar-refractivity contribution in [1.29, 1.82) is 0 Å². The molecular weight excluding hydrogens is 252 g/mol. The normalized spacial score (nSPS) is 11.1. The van der Waals surface area contributed by atoms with Crippen molar-refractivity contribution >= 4 is 17.3 Å². The molecule has 0 fully saturated rings. The fourth-order valence-corrected chi connectivity index (χ4v) is 1.39. The number of nitro benzene ring substituents is 1. The number of nitro groups is 1. The number of benzene rings is 1. The lowest BCUT2D eigenvalue weighted by Gasteiger charge is -2.22. The summed E-state index contributed by atoms with van der Waals surface area (Å²) in [6, 6.07) is 3.42. The van der Waals surface area contributed by atoms with Crippen LogP contribution < -0.4 is 5.32 Å². The summed E-state index contributed by atoms with van der Waals surface area (Å²) in [6.45, 7) is 3.47. The monoisotopic (exact) mass is 268 g/mol. The fraction of sp³-hybridized carbons (Fsp3) is 0.417. The van der Waals surface area contributed by atoms with Crippen molar-refractivity contribution in [2.24, 2.45) is 0 Å². The molecule has 104 valence electrons. The third-order valence-corrected chi connectivity index (χ3v) is 2.60. The van der Waals surface area contributed by atoms with Crippen LogP contribution in [0.5, 0.6) is 5.75 Å². The number of nitrogens with zero attached hydrogens (tertiary/aromatic N) is 1. The first kappa shape index (κ1) is 14.9. The predicted octanol–water partition coefficient (Wildman–Crippen LogP) is 2.05. The van der Waals surface area contributed by atoms with Gasteiger partial charge in [-0.15, -0.1) is 0 Å². The van der Waals surface area contributed by atoms with Crippen LogP contribution in [0.2, 0.25) is 0 Å². The van der Waals surface area contributed by atoms with Crippen LogP contribution in [0, 0.1) is 10.1 Å². The zero-order chi connectivity index (χ0) is 14.6. The third-order valence-electron chi connectivity index (χ3n) is 2.60. The molecule has 0 heterocycles. The highest BCUT2D eigenvalue weighted by Crippen LogP contribution is 2.28. The van der Waals surface area contributed by atoms with Gasteiger partial charge in [0, 0.05) is 19.2 Å². The van der Waals surface area contributed by atoms with Crippen molar-refractivity contribution in [3.05, 3.63) is 28.3 Å². The molecule has 0 saturated carbocycles. The van der Waals surface area contributed by atoms with E-state index in [1.165, 1.54) is 7.11 Å². The molecule has 1 rings (SSSR count). The number of carbonyl (C=O) groups excluding carboxylic acids is 1. The summed E-state index contributed by atoms with van der Waals surface area (Å²) in [5, 5.41) is 22.6. The van der Waals surface area contributed by atoms with E-state index < -0.39 is 16.4 Å². The number of phenols is 1. The van der Waals surface area contributed by atoms with Gasteiger partial charge in [-0.05, 0) is 19.9 Å². The molecule has 7 heteroatoms. The first-order valence-electron chi connectivity index (χ1n) is 5.57. The minimum Gasteiger partial charge on any atom is -0.506 e. The summed E-state index contributed by atoms with van der Waals surface area (Å²) in [5.74, 6) is -0.628. The molecule has 0 bridgehead atoms. The number of methoxy groups -OCH3 is 1. The van der Waals surface area contributed by atoms with E-state index in [-0.39, 0.29) is 23.5 Å². The van der Waals surface area contributed by atoms with E-state index in [1.54, 1.807) is 13.8 Å². The van der Waals surface area contributed by atoms with Gasteiger partial charge in [0.05, 0.1) is 22.6 Å². The van der Waals surface area contributed by atoms with Crippen molar-refractivity contribution < 1.29 is 19.6 Å². The summed E-state index contributed by atoms with van der Waals surface area (Å²) >= 11 is 0. The Morgan fingerprint density at radius 2 is 2.16 bits per heavy atom. The number of anilines is 1. The van der Waals surface area contributed by atoms with Gasteiger partial charge < -0.3 is 15.2 Å². The van der Waals surface area contributed by atoms with Gasteiger partial charge >= 0.3 is 0 Å². The predicted molar refractivity (Wildman–Crippen MR) is 69.1 cm³/mol. The Hall–Kier alpha value is -2.15. The Morgan fingerprint density at radius 3 is 2.68 bits per heavy atom. The molecule has 0 radical (unpaired) electrons. The number of ether oxygens (including phenoxy) is 1. The number of nitrogens with one attached hydrogen (secondary N) is 1. The van der Waals surface area contributed by atoms with E-state index in [0.717, 1.165) is 18.2 Å². The quantitative estimate of drug-likeness (QED) is 0.483. The maximum absolute atomic E-state index is 11.7. The molecule has 0 atom stereocenters. The number of hydrogen-bond acceptors (Lipinski definition) is 5. The Kier molecular flexibility index (Phi) is 4.44. The summed E-state index contributed by atoms with van der Waals surface area (Å²) in [7, 11) is 1.48. The summed E-state index contributed by atoms with van der Waals surface area (Å²) < 4.78 is 5.11. The van der Waals surface area contributed by atoms with E-state index in [0.29, 0.717) is 0 Å². The number of amides is 1. The van der Waals surface area contributed by atoms with Gasteiger partial charge in [-0.2, -0.15) is 0 Å². The molecule has 0 unspecified atom stereocenters. The van der Waals surface area contributed by atoms with Crippen LogP contribution >= 0.6 is 0 Å². The highest BCUT2D eigenvalue weighted by molar-refractivity contribution is 5.93. The van der Waals surface area contributed by atoms with Crippen LogP contribution in [-0.4, -0.2) is 28.6 Å². The van der Waals surface area contributed by atoms with Gasteiger partial charge in [0.2, 0.25) is 5.91 Å². The van der Waals surface area contributed by atoms with Crippen molar-refractivity contribution in [2.75, 3.05) is 12.4 Å². The zero-order valence-electron chi connectivity index (χ0n) is 11.0. The molecular formula is C12H16N2O5. The lowest BCUT2D eigenvalue weighted by molar-refractivity contribution is -0.384. The Bertz CT molecular complexity index is 499. The van der Waals surface area contributed by atoms with Gasteiger partial charge in [-0.1, -0.05) is 0 Å². The molecule has 0 saturated heterocycles. The molecule has 0 aliphatic rings. The Labute approximate surface area is 110 Å². The second-order valence-corrected chi connectivity index (χ2v) is 4.65. The Balaban J connectivity index is 2.84. The van der Waals surface area contributed by atoms with Gasteiger partial charge in [0.25, 0.3) is 5.69 Å². The van der Waals surface area contributed by atoms with E-state index in [2.05, 4.69) is 5.32 Å². The average molecular weight is 268 g/mol. The number of hydrogen-bond donors (Lipinski definition) is 2. The molecule has 0 aliphatic heterocycles. The van der Waals surface area contributed by atoms with E-state index in [9.17, 15) is 20.0 Å². The molecule has 1 amide bonds. The number of aromatic hydroxyl groups is 1. The molecule has 0 aromatic heterocycles. The van der Waals surface area contributed by atoms with Gasteiger partial charge in [0.1, 0.15) is 5.75 Å². The number of rotatable bonds is 5. The largest absolute Gasteiger partial charge is 0.506 e. The van der Waals surface area contributed by atoms with Crippen molar-refractivity contribution in [1.82, 2.24) is 0 Å². The molecule has 0 spiro atoms. The van der Waals surface area contributed by atoms with E-state index >= 15 is 0 Å². The maximum atomic E-state index is 11.7. The standard InChI is InChI=1S/C12H16N2O5/c1-12(2,19-3)7-11(16)13-9-6-8(14(17)18)4-5-10(9)15/h4-6,15H,7H2,1-3H3,(H,13,16). The second kappa shape index (κ2) is 5.66. The van der Waals surface area contributed by atoms with Crippen LogP contribution in [0.25, 0.3) is 0 Å². The van der Waals surface area contributed by atoms with Crippen LogP contribution in [0.3, 0.4) is 0 Å². The molecule has 1 aromatic rings. The summed E-state index contributed by atoms with van der Waals surface area (Å²) in [5.41, 5.74) is -0.856. The first-order chi connectivity index (χ1) is 8.75. The van der Waals surface area contributed by atoms with Gasteiger partial charge in [0.15, 0.2) is 0 Å². The van der Waals surface area contributed by atoms with Crippen LogP contribution in [0.1, 0.15) is 20.3 Å². The molecule has 2 N–H and O–H groups in total. The minimum atomic E-state index is -0.652. The molecule has 19 heavy (non-hydrogen) atoms. The first-order valence-corrected chi connectivity index (χ1v) is 5.57. The number of non-ortho nitro benzene ring substituents is 1. The fourth-order valence-electron chi connectivity index (χ4n) is 1.39. The Morgan fingerprint density at radius 1 is 1.53 bits per heavy atom. The van der Waals surface area contributed by atoms with Gasteiger partial charge in [-0.3, -0.25) is 14.9 Å². The highest BCUT2D eigenvalue weighted by atomic mass is 16.6. The van der Waals surface area contributed by atoms with Crippen molar-refractivity contribution in [2.45, 2.75) is 25.9 Å². The SMILES string of the molecule is COC(C)(C)CC(=O)Nc1cc([N+](=O)[O-])ccc1O. The average Bonchev–Trinajstić information content (AvgIpc) is 2.31. The number of carbonyl (C=O) groups is 1. The summed E-state index contributed by atoms with van der Waals surface area (Å²) in [4.78, 5) is 21.8. The number of phenolic OH excluding ortho intramolecular Hbond substituents is 1. The lowest BCUT2D eigenvalue weighted by atomic mass is 10.0. The van der Waals surface area contributed by atoms with Crippen LogP contribution in [-0.2, 0) is 9.53 Å². The van der Waals surface area contributed by atoms with E-state index in [4.69, 9.17) is 4.74 Å². The molecule has 1 aromatic carbocycles. The topological polar surface area (TPSA) is 102 Å². The summed E-state index contributed by atoms with van der Waals surface area (Å²) in [6.07, 6.45) is 0.0611. The second-order valence-electron chi connectivity index (χ2n) is 4.65. The van der Waals surface area contributed by atoms with E-state index in [1.807, 2.05) is 0 Å². The minimum absolute atomic E-state index is 0.00565. The molecule has 0 aliphatic carbocycles. The lowest BCUT2D eigenvalue weighted by Crippen LogP contribution is -2.29. The highest BCUT2D eigenvalue weighted by Gasteiger charge is 2.22. The zero-order valence-corrected chi connectivity index (χ0v) is 11.0. The van der Waals surface area contributed by atoms with Crippen molar-refractivity contribution in [3.63, 3.8) is 0 Å². The van der Waals surface area contributed by atoms with Crippen molar-refractivity contribution in [3.8, 4) is 5.75 Å². The van der Waals surface area contributed by atoms with Crippen LogP contribution in [0.15, 0.2) is 18.2 Å². The third kappa shape index (κ3) is 4.22. The maximum Gasteiger partial charge on any atom is 0.271 e.